The van der Waals surface area contributed by atoms with Gasteiger partial charge in [0, 0.05) is 0 Å². The molecule has 0 saturated carbocycles. The number of methoxy groups -OCH3 is 2. The van der Waals surface area contributed by atoms with Crippen LogP contribution < -0.4 is 18.9 Å². The van der Waals surface area contributed by atoms with Crippen molar-refractivity contribution in [2.75, 3.05) is 27.4 Å². The number of benzene rings is 2. The van der Waals surface area contributed by atoms with E-state index in [-0.39, 0.29) is 0 Å². The molecule has 0 radical (unpaired) electrons. The van der Waals surface area contributed by atoms with Crippen molar-refractivity contribution in [1.82, 2.24) is 0 Å². The lowest BCUT2D eigenvalue weighted by atomic mass is 9.97. The number of hydrogen-bond acceptors (Lipinski definition) is 4. The van der Waals surface area contributed by atoms with E-state index in [0.717, 1.165) is 28.2 Å². The third-order valence-electron chi connectivity index (χ3n) is 3.84. The van der Waals surface area contributed by atoms with Crippen molar-refractivity contribution in [3.05, 3.63) is 53.6 Å². The fraction of sp³-hybridized carbons (Fsp3) is 0.263. The van der Waals surface area contributed by atoms with Gasteiger partial charge in [0.05, 0.1) is 14.2 Å². The Morgan fingerprint density at radius 2 is 1.52 bits per heavy atom. The molecule has 1 aliphatic heterocycles. The molecule has 3 rings (SSSR count). The second kappa shape index (κ2) is 6.65. The second-order valence-electron chi connectivity index (χ2n) is 5.13. The van der Waals surface area contributed by atoms with Crippen molar-refractivity contribution in [3.8, 4) is 23.0 Å². The molecule has 0 spiro atoms. The predicted molar refractivity (Wildman–Crippen MR) is 89.7 cm³/mol. The van der Waals surface area contributed by atoms with Gasteiger partial charge in [-0.15, -0.1) is 0 Å². The molecular formula is C19H20O4. The molecular weight excluding hydrogens is 292 g/mol. The molecule has 0 unspecified atom stereocenters. The normalized spacial score (nSPS) is 13.6. The van der Waals surface area contributed by atoms with Gasteiger partial charge in [-0.3, -0.25) is 0 Å². The second-order valence-corrected chi connectivity index (χ2v) is 5.13. The zero-order valence-corrected chi connectivity index (χ0v) is 13.6. The maximum Gasteiger partial charge on any atom is 0.161 e. The molecule has 0 N–H and O–H groups in total. The molecule has 1 heterocycles. The summed E-state index contributed by atoms with van der Waals surface area (Å²) >= 11 is 0. The van der Waals surface area contributed by atoms with Gasteiger partial charge in [-0.25, -0.2) is 0 Å². The van der Waals surface area contributed by atoms with Crippen molar-refractivity contribution in [1.29, 1.82) is 0 Å². The first-order valence-corrected chi connectivity index (χ1v) is 7.55. The van der Waals surface area contributed by atoms with Crippen LogP contribution in [0, 0.1) is 0 Å². The molecule has 0 saturated heterocycles. The van der Waals surface area contributed by atoms with E-state index in [0.29, 0.717) is 24.7 Å². The quantitative estimate of drug-likeness (QED) is 0.857. The highest BCUT2D eigenvalue weighted by atomic mass is 16.6. The highest BCUT2D eigenvalue weighted by molar-refractivity contribution is 5.81. The molecule has 0 aliphatic carbocycles. The van der Waals surface area contributed by atoms with Crippen LogP contribution in [-0.4, -0.2) is 27.4 Å². The number of fused-ring (bicyclic) bond motifs is 1. The van der Waals surface area contributed by atoms with Crippen molar-refractivity contribution in [3.63, 3.8) is 0 Å². The summed E-state index contributed by atoms with van der Waals surface area (Å²) in [6.45, 7) is 3.19. The lowest BCUT2D eigenvalue weighted by Crippen LogP contribution is -2.15. The maximum absolute atomic E-state index is 5.68. The standard InChI is InChI=1S/C19H20O4/c1-4-15(13-5-7-16(20-2)18(11-13)21-3)14-6-8-17-19(12-14)23-10-9-22-17/h4-8,11-12H,9-10H2,1-3H3. The molecule has 23 heavy (non-hydrogen) atoms. The van der Waals surface area contributed by atoms with Crippen LogP contribution in [0.4, 0.5) is 0 Å². The lowest BCUT2D eigenvalue weighted by Gasteiger charge is -2.20. The molecule has 0 atom stereocenters. The van der Waals surface area contributed by atoms with Crippen molar-refractivity contribution in [2.24, 2.45) is 0 Å². The van der Waals surface area contributed by atoms with E-state index in [1.54, 1.807) is 14.2 Å². The minimum absolute atomic E-state index is 0.581. The summed E-state index contributed by atoms with van der Waals surface area (Å²) in [6.07, 6.45) is 2.08. The van der Waals surface area contributed by atoms with E-state index in [9.17, 15) is 0 Å². The number of allylic oxidation sites excluding steroid dienone is 1. The van der Waals surface area contributed by atoms with Crippen LogP contribution in [0.5, 0.6) is 23.0 Å². The van der Waals surface area contributed by atoms with Crippen LogP contribution in [-0.2, 0) is 0 Å². The lowest BCUT2D eigenvalue weighted by molar-refractivity contribution is 0.171. The van der Waals surface area contributed by atoms with Gasteiger partial charge in [0.2, 0.25) is 0 Å². The van der Waals surface area contributed by atoms with E-state index in [2.05, 4.69) is 6.08 Å². The summed E-state index contributed by atoms with van der Waals surface area (Å²) in [5, 5.41) is 0. The average Bonchev–Trinajstić information content (AvgIpc) is 2.62. The van der Waals surface area contributed by atoms with E-state index in [1.165, 1.54) is 0 Å². The molecule has 120 valence electrons. The van der Waals surface area contributed by atoms with Crippen molar-refractivity contribution in [2.45, 2.75) is 6.92 Å². The van der Waals surface area contributed by atoms with Gasteiger partial charge in [0.1, 0.15) is 13.2 Å². The first-order valence-electron chi connectivity index (χ1n) is 7.55. The Hall–Kier alpha value is -2.62. The number of rotatable bonds is 4. The highest BCUT2D eigenvalue weighted by Crippen LogP contribution is 2.37. The SMILES string of the molecule is CC=C(c1ccc(OC)c(OC)c1)c1ccc2c(c1)OCCO2. The van der Waals surface area contributed by atoms with E-state index >= 15 is 0 Å². The van der Waals surface area contributed by atoms with Gasteiger partial charge in [-0.2, -0.15) is 0 Å². The largest absolute Gasteiger partial charge is 0.493 e. The summed E-state index contributed by atoms with van der Waals surface area (Å²) in [7, 11) is 3.27. The summed E-state index contributed by atoms with van der Waals surface area (Å²) in [5.74, 6) is 3.01. The average molecular weight is 312 g/mol. The first kappa shape index (κ1) is 15.3. The summed E-state index contributed by atoms with van der Waals surface area (Å²) in [4.78, 5) is 0. The smallest absolute Gasteiger partial charge is 0.161 e. The zero-order chi connectivity index (χ0) is 16.2. The minimum atomic E-state index is 0.581. The molecule has 0 bridgehead atoms. The van der Waals surface area contributed by atoms with Gasteiger partial charge in [-0.05, 0) is 47.9 Å². The fourth-order valence-corrected chi connectivity index (χ4v) is 2.71. The number of hydrogen-bond donors (Lipinski definition) is 0. The molecule has 1 aliphatic rings. The van der Waals surface area contributed by atoms with Crippen LogP contribution in [0.15, 0.2) is 42.5 Å². The third kappa shape index (κ3) is 2.97. The Morgan fingerprint density at radius 1 is 0.870 bits per heavy atom. The minimum Gasteiger partial charge on any atom is -0.493 e. The molecule has 2 aromatic rings. The van der Waals surface area contributed by atoms with Gasteiger partial charge in [0.25, 0.3) is 0 Å². The Kier molecular flexibility index (Phi) is 4.42. The Balaban J connectivity index is 2.00. The zero-order valence-electron chi connectivity index (χ0n) is 13.6. The van der Waals surface area contributed by atoms with Gasteiger partial charge < -0.3 is 18.9 Å². The van der Waals surface area contributed by atoms with E-state index in [1.807, 2.05) is 43.3 Å². The third-order valence-corrected chi connectivity index (χ3v) is 3.84. The van der Waals surface area contributed by atoms with Crippen LogP contribution in [0.3, 0.4) is 0 Å². The topological polar surface area (TPSA) is 36.9 Å². The van der Waals surface area contributed by atoms with Gasteiger partial charge in [-0.1, -0.05) is 18.2 Å². The Morgan fingerprint density at radius 3 is 2.22 bits per heavy atom. The Labute approximate surface area is 136 Å². The number of ether oxygens (including phenoxy) is 4. The van der Waals surface area contributed by atoms with Crippen molar-refractivity contribution < 1.29 is 18.9 Å². The molecule has 2 aromatic carbocycles. The van der Waals surface area contributed by atoms with Crippen LogP contribution >= 0.6 is 0 Å². The summed E-state index contributed by atoms with van der Waals surface area (Å²) in [6, 6.07) is 11.9. The molecule has 4 nitrogen and oxygen atoms in total. The predicted octanol–water partition coefficient (Wildman–Crippen LogP) is 3.93. The van der Waals surface area contributed by atoms with Gasteiger partial charge >= 0.3 is 0 Å². The molecule has 4 heteroatoms. The maximum atomic E-state index is 5.68. The molecule has 0 amide bonds. The van der Waals surface area contributed by atoms with Crippen LogP contribution in [0.25, 0.3) is 5.57 Å². The van der Waals surface area contributed by atoms with Crippen molar-refractivity contribution >= 4 is 5.57 Å². The fourth-order valence-electron chi connectivity index (χ4n) is 2.71. The van der Waals surface area contributed by atoms with E-state index < -0.39 is 0 Å². The van der Waals surface area contributed by atoms with E-state index in [4.69, 9.17) is 18.9 Å². The molecule has 0 fully saturated rings. The Bertz CT molecular complexity index is 693. The van der Waals surface area contributed by atoms with Crippen LogP contribution in [0.1, 0.15) is 18.1 Å². The monoisotopic (exact) mass is 312 g/mol. The van der Waals surface area contributed by atoms with Crippen LogP contribution in [0.2, 0.25) is 0 Å². The summed E-state index contributed by atoms with van der Waals surface area (Å²) < 4.78 is 22.0. The first-order chi connectivity index (χ1) is 11.3. The van der Waals surface area contributed by atoms with Gasteiger partial charge in [0.15, 0.2) is 23.0 Å². The summed E-state index contributed by atoms with van der Waals surface area (Å²) in [5.41, 5.74) is 3.23. The highest BCUT2D eigenvalue weighted by Gasteiger charge is 2.15. The molecule has 0 aromatic heterocycles.